The van der Waals surface area contributed by atoms with Crippen molar-refractivity contribution in [1.82, 2.24) is 15.1 Å². The zero-order valence-electron chi connectivity index (χ0n) is 15.3. The molecule has 0 saturated carbocycles. The third-order valence-electron chi connectivity index (χ3n) is 4.30. The van der Waals surface area contributed by atoms with E-state index < -0.39 is 41.9 Å². The molecule has 9 heteroatoms. The molecule has 1 atom stereocenters. The third kappa shape index (κ3) is 4.40. The van der Waals surface area contributed by atoms with Gasteiger partial charge in [0.05, 0.1) is 12.5 Å². The number of nitrogens with zero attached hydrogens (tertiary/aromatic N) is 2. The van der Waals surface area contributed by atoms with Gasteiger partial charge in [-0.05, 0) is 42.3 Å². The van der Waals surface area contributed by atoms with Crippen molar-refractivity contribution in [2.24, 2.45) is 0 Å². The van der Waals surface area contributed by atoms with E-state index in [9.17, 15) is 23.5 Å². The number of para-hydroxylation sites is 1. The van der Waals surface area contributed by atoms with Crippen LogP contribution in [0.4, 0.5) is 8.78 Å². The highest BCUT2D eigenvalue weighted by Gasteiger charge is 2.24. The fraction of sp³-hybridized carbons (Fsp3) is 0.150. The number of aromatic nitrogens is 2. The van der Waals surface area contributed by atoms with E-state index in [2.05, 4.69) is 10.4 Å². The van der Waals surface area contributed by atoms with Gasteiger partial charge >= 0.3 is 5.97 Å². The summed E-state index contributed by atoms with van der Waals surface area (Å²) in [6.45, 7) is 1.66. The van der Waals surface area contributed by atoms with Crippen LogP contribution >= 0.6 is 0 Å². The lowest BCUT2D eigenvalue weighted by molar-refractivity contribution is -0.137. The first-order valence-electron chi connectivity index (χ1n) is 8.59. The number of rotatable bonds is 6. The molecule has 0 fully saturated rings. The lowest BCUT2D eigenvalue weighted by Gasteiger charge is -2.19. The van der Waals surface area contributed by atoms with Crippen LogP contribution in [0.3, 0.4) is 0 Å². The van der Waals surface area contributed by atoms with Crippen molar-refractivity contribution in [3.63, 3.8) is 0 Å². The van der Waals surface area contributed by atoms with Crippen molar-refractivity contribution in [2.45, 2.75) is 19.4 Å². The highest BCUT2D eigenvalue weighted by Crippen LogP contribution is 2.24. The zero-order valence-corrected chi connectivity index (χ0v) is 15.3. The van der Waals surface area contributed by atoms with Gasteiger partial charge < -0.3 is 15.5 Å². The second-order valence-electron chi connectivity index (χ2n) is 6.38. The number of hydrogen-bond donors (Lipinski definition) is 3. The molecule has 150 valence electrons. The van der Waals surface area contributed by atoms with Gasteiger partial charge in [0, 0.05) is 6.07 Å². The lowest BCUT2D eigenvalue weighted by atomic mass is 9.98. The summed E-state index contributed by atoms with van der Waals surface area (Å²) in [6.07, 6.45) is -0.490. The average Bonchev–Trinajstić information content (AvgIpc) is 3.05. The van der Waals surface area contributed by atoms with E-state index in [4.69, 9.17) is 5.11 Å². The molecular formula is C20H17F2N3O4. The molecule has 1 aromatic heterocycles. The first kappa shape index (κ1) is 20.0. The maximum atomic E-state index is 13.9. The molecule has 0 aliphatic rings. The summed E-state index contributed by atoms with van der Waals surface area (Å²) in [7, 11) is 0. The molecular weight excluding hydrogens is 384 g/mol. The number of amides is 1. The topological polar surface area (TPSA) is 104 Å². The summed E-state index contributed by atoms with van der Waals surface area (Å²) in [5.41, 5.74) is 0.582. The Kier molecular flexibility index (Phi) is 5.58. The first-order chi connectivity index (χ1) is 13.8. The predicted octanol–water partition coefficient (Wildman–Crippen LogP) is 3.11. The molecule has 3 N–H and O–H groups in total. The predicted molar refractivity (Wildman–Crippen MR) is 98.8 cm³/mol. The van der Waals surface area contributed by atoms with Gasteiger partial charge in [-0.1, -0.05) is 18.2 Å². The summed E-state index contributed by atoms with van der Waals surface area (Å²) in [4.78, 5) is 23.8. The Morgan fingerprint density at radius 2 is 1.90 bits per heavy atom. The molecule has 29 heavy (non-hydrogen) atoms. The fourth-order valence-corrected chi connectivity index (χ4v) is 2.92. The molecule has 0 aliphatic carbocycles. The Hall–Kier alpha value is -3.75. The van der Waals surface area contributed by atoms with Crippen molar-refractivity contribution in [3.8, 4) is 11.6 Å². The summed E-state index contributed by atoms with van der Waals surface area (Å²) in [6, 6.07) is 9.39. The summed E-state index contributed by atoms with van der Waals surface area (Å²) >= 11 is 0. The number of carbonyl (C=O) groups excluding carboxylic acids is 1. The summed E-state index contributed by atoms with van der Waals surface area (Å²) in [5.74, 6) is -3.70. The van der Waals surface area contributed by atoms with Crippen molar-refractivity contribution in [2.75, 3.05) is 0 Å². The zero-order chi connectivity index (χ0) is 21.1. The van der Waals surface area contributed by atoms with E-state index >= 15 is 0 Å². The standard InChI is InChI=1S/C20H17F2N3O4/c1-11-6-7-12(21)8-13(11)15(10-19(27)28)23-20(29)16-9-18(26)25(24-16)17-5-3-2-4-14(17)22/h2-9,15,26H,10H2,1H3,(H,23,29)(H,27,28). The van der Waals surface area contributed by atoms with E-state index in [1.807, 2.05) is 0 Å². The number of aliphatic carboxylic acids is 1. The minimum absolute atomic E-state index is 0.0629. The molecule has 3 aromatic rings. The number of carbonyl (C=O) groups is 2. The van der Waals surface area contributed by atoms with Crippen molar-refractivity contribution < 1.29 is 28.6 Å². The third-order valence-corrected chi connectivity index (χ3v) is 4.30. The molecule has 2 aromatic carbocycles. The van der Waals surface area contributed by atoms with Gasteiger partial charge in [-0.15, -0.1) is 0 Å². The van der Waals surface area contributed by atoms with Crippen LogP contribution in [0.2, 0.25) is 0 Å². The van der Waals surface area contributed by atoms with Gasteiger partial charge in [-0.3, -0.25) is 9.59 Å². The number of nitrogens with one attached hydrogen (secondary N) is 1. The van der Waals surface area contributed by atoms with Crippen LogP contribution in [-0.2, 0) is 4.79 Å². The molecule has 0 saturated heterocycles. The number of hydrogen-bond acceptors (Lipinski definition) is 4. The Labute approximate surface area is 164 Å². The van der Waals surface area contributed by atoms with Gasteiger partial charge in [0.2, 0.25) is 5.88 Å². The number of halogens is 2. The highest BCUT2D eigenvalue weighted by atomic mass is 19.1. The van der Waals surface area contributed by atoms with Crippen molar-refractivity contribution in [1.29, 1.82) is 0 Å². The van der Waals surface area contributed by atoms with Gasteiger partial charge in [0.1, 0.15) is 17.3 Å². The minimum atomic E-state index is -1.20. The first-order valence-corrected chi connectivity index (χ1v) is 8.59. The number of carboxylic acids is 1. The Balaban J connectivity index is 1.91. The molecule has 7 nitrogen and oxygen atoms in total. The number of aryl methyl sites for hydroxylation is 1. The van der Waals surface area contributed by atoms with E-state index in [-0.39, 0.29) is 11.4 Å². The summed E-state index contributed by atoms with van der Waals surface area (Å²) < 4.78 is 28.4. The fourth-order valence-electron chi connectivity index (χ4n) is 2.92. The van der Waals surface area contributed by atoms with Crippen LogP contribution in [0.1, 0.15) is 34.1 Å². The van der Waals surface area contributed by atoms with Crippen molar-refractivity contribution >= 4 is 11.9 Å². The Morgan fingerprint density at radius 1 is 1.17 bits per heavy atom. The Bertz CT molecular complexity index is 1080. The molecule has 0 aliphatic heterocycles. The molecule has 0 radical (unpaired) electrons. The maximum absolute atomic E-state index is 13.9. The smallest absolute Gasteiger partial charge is 0.305 e. The van der Waals surface area contributed by atoms with Gasteiger partial charge in [0.25, 0.3) is 5.91 Å². The molecule has 0 bridgehead atoms. The second kappa shape index (κ2) is 8.09. The number of aromatic hydroxyl groups is 1. The van der Waals surface area contributed by atoms with Crippen LogP contribution in [0.15, 0.2) is 48.5 Å². The van der Waals surface area contributed by atoms with Crippen LogP contribution in [-0.4, -0.2) is 31.9 Å². The number of carboxylic acid groups (broad SMARTS) is 1. The van der Waals surface area contributed by atoms with E-state index in [1.165, 1.54) is 36.4 Å². The molecule has 1 amide bonds. The number of benzene rings is 2. The maximum Gasteiger partial charge on any atom is 0.305 e. The second-order valence-corrected chi connectivity index (χ2v) is 6.38. The Morgan fingerprint density at radius 3 is 2.59 bits per heavy atom. The van der Waals surface area contributed by atoms with Gasteiger partial charge in [-0.2, -0.15) is 9.78 Å². The van der Waals surface area contributed by atoms with Gasteiger partial charge in [-0.25, -0.2) is 8.78 Å². The van der Waals surface area contributed by atoms with Crippen LogP contribution in [0.5, 0.6) is 5.88 Å². The lowest BCUT2D eigenvalue weighted by Crippen LogP contribution is -2.31. The molecule has 0 spiro atoms. The quantitative estimate of drug-likeness (QED) is 0.589. The largest absolute Gasteiger partial charge is 0.493 e. The highest BCUT2D eigenvalue weighted by molar-refractivity contribution is 5.93. The van der Waals surface area contributed by atoms with Crippen LogP contribution in [0, 0.1) is 18.6 Å². The molecule has 1 heterocycles. The van der Waals surface area contributed by atoms with Gasteiger partial charge in [0.15, 0.2) is 5.69 Å². The normalized spacial score (nSPS) is 11.8. The van der Waals surface area contributed by atoms with E-state index in [0.717, 1.165) is 16.8 Å². The SMILES string of the molecule is Cc1ccc(F)cc1C(CC(=O)O)NC(=O)c1cc(O)n(-c2ccccc2F)n1. The monoisotopic (exact) mass is 401 g/mol. The van der Waals surface area contributed by atoms with E-state index in [0.29, 0.717) is 11.1 Å². The van der Waals surface area contributed by atoms with E-state index in [1.54, 1.807) is 6.92 Å². The van der Waals surface area contributed by atoms with Crippen LogP contribution in [0.25, 0.3) is 5.69 Å². The average molecular weight is 401 g/mol. The van der Waals surface area contributed by atoms with Crippen LogP contribution < -0.4 is 5.32 Å². The molecule has 1 unspecified atom stereocenters. The minimum Gasteiger partial charge on any atom is -0.493 e. The molecule has 3 rings (SSSR count). The summed E-state index contributed by atoms with van der Waals surface area (Å²) in [5, 5.41) is 25.6. The van der Waals surface area contributed by atoms with Crippen molar-refractivity contribution in [3.05, 3.63) is 77.0 Å².